The second kappa shape index (κ2) is 7.79. The summed E-state index contributed by atoms with van der Waals surface area (Å²) in [5.41, 5.74) is 3.65. The zero-order chi connectivity index (χ0) is 17.5. The number of hydrogen-bond donors (Lipinski definition) is 2. The van der Waals surface area contributed by atoms with Gasteiger partial charge in [0.15, 0.2) is 0 Å². The Morgan fingerprint density at radius 2 is 1.64 bits per heavy atom. The number of para-hydroxylation sites is 1. The Balaban J connectivity index is 1.62. The molecule has 2 N–H and O–H groups in total. The first-order valence-electron chi connectivity index (χ1n) is 7.66. The number of hydrogen-bond acceptors (Lipinski definition) is 4. The molecule has 5 nitrogen and oxygen atoms in total. The first-order valence-corrected chi connectivity index (χ1v) is 7.66. The Bertz CT molecular complexity index is 875. The van der Waals surface area contributed by atoms with Crippen molar-refractivity contribution in [1.82, 2.24) is 5.43 Å². The van der Waals surface area contributed by atoms with E-state index in [1.54, 1.807) is 0 Å². The molecular weight excluding hydrogens is 316 g/mol. The van der Waals surface area contributed by atoms with Gasteiger partial charge in [-0.2, -0.15) is 5.10 Å². The van der Waals surface area contributed by atoms with Gasteiger partial charge in [-0.3, -0.25) is 4.79 Å². The van der Waals surface area contributed by atoms with Crippen LogP contribution >= 0.6 is 0 Å². The topological polar surface area (TPSA) is 70.9 Å². The smallest absolute Gasteiger partial charge is 0.271 e. The zero-order valence-electron chi connectivity index (χ0n) is 13.3. The molecule has 3 aromatic rings. The molecular formula is C20H16N2O3. The molecule has 0 bridgehead atoms. The minimum Gasteiger partial charge on any atom is -0.508 e. The minimum absolute atomic E-state index is 0.107. The summed E-state index contributed by atoms with van der Waals surface area (Å²) in [5.74, 6) is 1.18. The van der Waals surface area contributed by atoms with E-state index in [1.807, 2.05) is 54.6 Å². The number of aromatic hydroxyl groups is 1. The lowest BCUT2D eigenvalue weighted by Crippen LogP contribution is -2.17. The monoisotopic (exact) mass is 332 g/mol. The van der Waals surface area contributed by atoms with E-state index in [1.165, 1.54) is 30.5 Å². The predicted molar refractivity (Wildman–Crippen MR) is 96.1 cm³/mol. The fourth-order valence-electron chi connectivity index (χ4n) is 2.13. The second-order valence-electron chi connectivity index (χ2n) is 5.23. The Hall–Kier alpha value is -3.60. The van der Waals surface area contributed by atoms with Crippen molar-refractivity contribution in [2.45, 2.75) is 0 Å². The van der Waals surface area contributed by atoms with Gasteiger partial charge in [0.2, 0.25) is 0 Å². The Morgan fingerprint density at radius 3 is 2.40 bits per heavy atom. The molecule has 0 saturated carbocycles. The summed E-state index contributed by atoms with van der Waals surface area (Å²) in [6.07, 6.45) is 1.54. The van der Waals surface area contributed by atoms with Crippen LogP contribution in [0.1, 0.15) is 15.9 Å². The van der Waals surface area contributed by atoms with Crippen LogP contribution < -0.4 is 10.2 Å². The van der Waals surface area contributed by atoms with Gasteiger partial charge < -0.3 is 9.84 Å². The number of nitrogens with zero attached hydrogens (tertiary/aromatic N) is 1. The number of carbonyl (C=O) groups excluding carboxylic acids is 1. The van der Waals surface area contributed by atoms with Crippen molar-refractivity contribution < 1.29 is 14.6 Å². The highest BCUT2D eigenvalue weighted by molar-refractivity contribution is 5.95. The standard InChI is InChI=1S/C20H16N2O3/c23-17-11-9-16(10-12-17)20(24)22-21-14-15-5-4-8-19(13-15)25-18-6-2-1-3-7-18/h1-14,23H,(H,22,24). The van der Waals surface area contributed by atoms with Crippen LogP contribution in [-0.2, 0) is 0 Å². The summed E-state index contributed by atoms with van der Waals surface area (Å²) in [6, 6.07) is 22.8. The number of phenolic OH excluding ortho intramolecular Hbond substituents is 1. The van der Waals surface area contributed by atoms with Crippen LogP contribution in [0.25, 0.3) is 0 Å². The minimum atomic E-state index is -0.354. The van der Waals surface area contributed by atoms with Gasteiger partial charge in [-0.15, -0.1) is 0 Å². The van der Waals surface area contributed by atoms with Crippen LogP contribution in [0.5, 0.6) is 17.2 Å². The molecule has 0 saturated heterocycles. The lowest BCUT2D eigenvalue weighted by atomic mass is 10.2. The van der Waals surface area contributed by atoms with Gasteiger partial charge >= 0.3 is 0 Å². The molecule has 124 valence electrons. The zero-order valence-corrected chi connectivity index (χ0v) is 13.3. The molecule has 0 heterocycles. The van der Waals surface area contributed by atoms with Crippen molar-refractivity contribution in [2.24, 2.45) is 5.10 Å². The fraction of sp³-hybridized carbons (Fsp3) is 0. The van der Waals surface area contributed by atoms with E-state index in [-0.39, 0.29) is 11.7 Å². The number of nitrogens with one attached hydrogen (secondary N) is 1. The Labute approximate surface area is 145 Å². The third kappa shape index (κ3) is 4.68. The van der Waals surface area contributed by atoms with Crippen LogP contribution in [0.2, 0.25) is 0 Å². The summed E-state index contributed by atoms with van der Waals surface area (Å²) in [7, 11) is 0. The summed E-state index contributed by atoms with van der Waals surface area (Å²) in [6.45, 7) is 0. The van der Waals surface area contributed by atoms with Crippen molar-refractivity contribution >= 4 is 12.1 Å². The van der Waals surface area contributed by atoms with Crippen molar-refractivity contribution in [3.8, 4) is 17.2 Å². The number of carbonyl (C=O) groups is 1. The maximum Gasteiger partial charge on any atom is 0.271 e. The maximum atomic E-state index is 11.9. The SMILES string of the molecule is O=C(NN=Cc1cccc(Oc2ccccc2)c1)c1ccc(O)cc1. The lowest BCUT2D eigenvalue weighted by Gasteiger charge is -2.05. The van der Waals surface area contributed by atoms with Crippen LogP contribution in [0.15, 0.2) is 84.0 Å². The maximum absolute atomic E-state index is 11.9. The Kier molecular flexibility index (Phi) is 5.07. The van der Waals surface area contributed by atoms with Crippen molar-refractivity contribution in [3.63, 3.8) is 0 Å². The fourth-order valence-corrected chi connectivity index (χ4v) is 2.13. The quantitative estimate of drug-likeness (QED) is 0.549. The summed E-state index contributed by atoms with van der Waals surface area (Å²) >= 11 is 0. The van der Waals surface area contributed by atoms with Crippen LogP contribution in [0.3, 0.4) is 0 Å². The molecule has 25 heavy (non-hydrogen) atoms. The number of rotatable bonds is 5. The van der Waals surface area contributed by atoms with E-state index in [9.17, 15) is 9.90 Å². The average molecular weight is 332 g/mol. The molecule has 1 amide bonds. The normalized spacial score (nSPS) is 10.6. The van der Waals surface area contributed by atoms with E-state index in [2.05, 4.69) is 10.5 Å². The Morgan fingerprint density at radius 1 is 0.920 bits per heavy atom. The number of benzene rings is 3. The van der Waals surface area contributed by atoms with Crippen molar-refractivity contribution in [3.05, 3.63) is 90.0 Å². The van der Waals surface area contributed by atoms with Gasteiger partial charge in [0.05, 0.1) is 6.21 Å². The average Bonchev–Trinajstić information content (AvgIpc) is 2.63. The van der Waals surface area contributed by atoms with E-state index < -0.39 is 0 Å². The molecule has 5 heteroatoms. The molecule has 0 unspecified atom stereocenters. The number of amides is 1. The number of phenols is 1. The molecule has 0 aromatic heterocycles. The highest BCUT2D eigenvalue weighted by atomic mass is 16.5. The molecule has 0 aliphatic carbocycles. The third-order valence-electron chi connectivity index (χ3n) is 3.35. The molecule has 0 spiro atoms. The van der Waals surface area contributed by atoms with Gasteiger partial charge in [0, 0.05) is 5.56 Å². The first kappa shape index (κ1) is 16.3. The molecule has 3 rings (SSSR count). The molecule has 3 aromatic carbocycles. The van der Waals surface area contributed by atoms with E-state index in [0.717, 1.165) is 11.3 Å². The largest absolute Gasteiger partial charge is 0.508 e. The van der Waals surface area contributed by atoms with Crippen molar-refractivity contribution in [1.29, 1.82) is 0 Å². The van der Waals surface area contributed by atoms with Gasteiger partial charge in [-0.05, 0) is 54.1 Å². The number of ether oxygens (including phenoxy) is 1. The van der Waals surface area contributed by atoms with Crippen LogP contribution in [0.4, 0.5) is 0 Å². The summed E-state index contributed by atoms with van der Waals surface area (Å²) in [4.78, 5) is 11.9. The third-order valence-corrected chi connectivity index (χ3v) is 3.35. The molecule has 0 radical (unpaired) electrons. The van der Waals surface area contributed by atoms with Crippen LogP contribution in [-0.4, -0.2) is 17.2 Å². The molecule has 0 aliphatic heterocycles. The van der Waals surface area contributed by atoms with Gasteiger partial charge in [0.25, 0.3) is 5.91 Å². The highest BCUT2D eigenvalue weighted by Crippen LogP contribution is 2.21. The van der Waals surface area contributed by atoms with E-state index in [4.69, 9.17) is 4.74 Å². The van der Waals surface area contributed by atoms with E-state index >= 15 is 0 Å². The first-order chi connectivity index (χ1) is 12.2. The van der Waals surface area contributed by atoms with Gasteiger partial charge in [0.1, 0.15) is 17.2 Å². The summed E-state index contributed by atoms with van der Waals surface area (Å²) < 4.78 is 5.75. The van der Waals surface area contributed by atoms with Gasteiger partial charge in [-0.25, -0.2) is 5.43 Å². The predicted octanol–water partition coefficient (Wildman–Crippen LogP) is 3.95. The van der Waals surface area contributed by atoms with Gasteiger partial charge in [-0.1, -0.05) is 30.3 Å². The highest BCUT2D eigenvalue weighted by Gasteiger charge is 2.03. The lowest BCUT2D eigenvalue weighted by molar-refractivity contribution is 0.0955. The molecule has 0 fully saturated rings. The molecule has 0 atom stereocenters. The molecule has 0 aliphatic rings. The van der Waals surface area contributed by atoms with E-state index in [0.29, 0.717) is 11.3 Å². The van der Waals surface area contributed by atoms with Crippen molar-refractivity contribution in [2.75, 3.05) is 0 Å². The van der Waals surface area contributed by atoms with Crippen LogP contribution in [0, 0.1) is 0 Å². The second-order valence-corrected chi connectivity index (χ2v) is 5.23. The summed E-state index contributed by atoms with van der Waals surface area (Å²) in [5, 5.41) is 13.2. The number of hydrazone groups is 1.